The molecular formula is C22H33NO2S2. The molecule has 0 radical (unpaired) electrons. The molecule has 5 heteroatoms. The van der Waals surface area contributed by atoms with Gasteiger partial charge in [-0.15, -0.1) is 23.5 Å². The standard InChI is InChI=1S/C22H33NO2S2/c1-5-7-10-20-17(3)26-16-19(14-25-20)23-13-18(6-2)15-27-22-12-9-8-11-21(22)24-4/h7-12,18-19,23H,5-6,13-16H2,1-4H3/b10-7-. The van der Waals surface area contributed by atoms with Crippen LogP contribution >= 0.6 is 23.5 Å². The van der Waals surface area contributed by atoms with Gasteiger partial charge in [-0.1, -0.05) is 38.5 Å². The van der Waals surface area contributed by atoms with Gasteiger partial charge in [0.15, 0.2) is 0 Å². The first-order valence-electron chi connectivity index (χ1n) is 9.80. The van der Waals surface area contributed by atoms with Crippen molar-refractivity contribution in [3.05, 3.63) is 47.1 Å². The topological polar surface area (TPSA) is 30.5 Å². The van der Waals surface area contributed by atoms with Crippen molar-refractivity contribution < 1.29 is 9.47 Å². The third-order valence-electron chi connectivity index (χ3n) is 4.61. The van der Waals surface area contributed by atoms with Crippen LogP contribution in [0.3, 0.4) is 0 Å². The second-order valence-corrected chi connectivity index (χ2v) is 8.99. The number of hydrogen-bond acceptors (Lipinski definition) is 5. The largest absolute Gasteiger partial charge is 0.496 e. The first-order valence-corrected chi connectivity index (χ1v) is 11.8. The number of rotatable bonds is 10. The molecule has 1 aromatic rings. The summed E-state index contributed by atoms with van der Waals surface area (Å²) in [6.45, 7) is 8.33. The van der Waals surface area contributed by atoms with E-state index in [1.165, 1.54) is 9.80 Å². The number of ether oxygens (including phenoxy) is 2. The number of nitrogens with one attached hydrogen (secondary N) is 1. The van der Waals surface area contributed by atoms with Gasteiger partial charge < -0.3 is 14.8 Å². The van der Waals surface area contributed by atoms with Gasteiger partial charge in [-0.05, 0) is 44.0 Å². The molecule has 3 nitrogen and oxygen atoms in total. The van der Waals surface area contributed by atoms with Crippen LogP contribution in [0.4, 0.5) is 0 Å². The zero-order chi connectivity index (χ0) is 19.5. The molecule has 2 unspecified atom stereocenters. The summed E-state index contributed by atoms with van der Waals surface area (Å²) >= 11 is 3.79. The molecule has 27 heavy (non-hydrogen) atoms. The lowest BCUT2D eigenvalue weighted by atomic mass is 10.1. The molecule has 0 spiro atoms. The molecule has 150 valence electrons. The highest BCUT2D eigenvalue weighted by Gasteiger charge is 2.18. The minimum Gasteiger partial charge on any atom is -0.496 e. The van der Waals surface area contributed by atoms with Crippen LogP contribution in [0.5, 0.6) is 5.75 Å². The number of hydrogen-bond donors (Lipinski definition) is 1. The van der Waals surface area contributed by atoms with Crippen LogP contribution in [0.25, 0.3) is 0 Å². The maximum Gasteiger partial charge on any atom is 0.132 e. The Morgan fingerprint density at radius 2 is 2.19 bits per heavy atom. The van der Waals surface area contributed by atoms with Crippen molar-refractivity contribution in [2.75, 3.05) is 31.8 Å². The molecule has 0 bridgehead atoms. The van der Waals surface area contributed by atoms with Crippen LogP contribution in [-0.2, 0) is 4.74 Å². The van der Waals surface area contributed by atoms with Crippen LogP contribution in [0.2, 0.25) is 0 Å². The Morgan fingerprint density at radius 3 is 2.93 bits per heavy atom. The maximum atomic E-state index is 6.04. The Hall–Kier alpha value is -1.04. The maximum absolute atomic E-state index is 6.04. The molecule has 2 atom stereocenters. The van der Waals surface area contributed by atoms with E-state index in [1.807, 2.05) is 35.7 Å². The zero-order valence-corrected chi connectivity index (χ0v) is 18.6. The van der Waals surface area contributed by atoms with Gasteiger partial charge in [-0.2, -0.15) is 0 Å². The average Bonchev–Trinajstić information content (AvgIpc) is 2.88. The van der Waals surface area contributed by atoms with E-state index in [4.69, 9.17) is 9.47 Å². The molecule has 0 amide bonds. The molecule has 1 aliphatic rings. The van der Waals surface area contributed by atoms with Gasteiger partial charge in [0, 0.05) is 21.3 Å². The van der Waals surface area contributed by atoms with E-state index >= 15 is 0 Å². The van der Waals surface area contributed by atoms with E-state index in [0.717, 1.165) is 49.0 Å². The number of allylic oxidation sites excluding steroid dienone is 3. The average molecular weight is 408 g/mol. The fraction of sp³-hybridized carbons (Fsp3) is 0.545. The van der Waals surface area contributed by atoms with Gasteiger partial charge in [-0.3, -0.25) is 0 Å². The van der Waals surface area contributed by atoms with Crippen LogP contribution in [0.1, 0.15) is 33.6 Å². The molecule has 1 N–H and O–H groups in total. The number of methoxy groups -OCH3 is 1. The predicted octanol–water partition coefficient (Wildman–Crippen LogP) is 5.73. The van der Waals surface area contributed by atoms with Crippen LogP contribution < -0.4 is 10.1 Å². The Bertz CT molecular complexity index is 630. The van der Waals surface area contributed by atoms with E-state index in [-0.39, 0.29) is 0 Å². The predicted molar refractivity (Wildman–Crippen MR) is 120 cm³/mol. The zero-order valence-electron chi connectivity index (χ0n) is 17.0. The van der Waals surface area contributed by atoms with Crippen molar-refractivity contribution in [2.24, 2.45) is 5.92 Å². The van der Waals surface area contributed by atoms with Crippen molar-refractivity contribution in [1.82, 2.24) is 5.32 Å². The van der Waals surface area contributed by atoms with E-state index in [0.29, 0.717) is 12.0 Å². The van der Waals surface area contributed by atoms with Gasteiger partial charge in [0.05, 0.1) is 13.2 Å². The van der Waals surface area contributed by atoms with Crippen LogP contribution in [0, 0.1) is 5.92 Å². The Morgan fingerprint density at radius 1 is 1.37 bits per heavy atom. The summed E-state index contributed by atoms with van der Waals surface area (Å²) in [6, 6.07) is 8.65. The number of thioether (sulfide) groups is 2. The lowest BCUT2D eigenvalue weighted by molar-refractivity contribution is 0.195. The molecule has 0 fully saturated rings. The van der Waals surface area contributed by atoms with Crippen LogP contribution in [0.15, 0.2) is 52.0 Å². The Balaban J connectivity index is 1.80. The number of para-hydroxylation sites is 1. The molecule has 0 saturated heterocycles. The van der Waals surface area contributed by atoms with Crippen molar-refractivity contribution in [2.45, 2.75) is 44.6 Å². The van der Waals surface area contributed by atoms with Gasteiger partial charge in [0.1, 0.15) is 18.1 Å². The van der Waals surface area contributed by atoms with E-state index < -0.39 is 0 Å². The minimum absolute atomic E-state index is 0.391. The smallest absolute Gasteiger partial charge is 0.132 e. The normalized spacial score (nSPS) is 19.0. The highest BCUT2D eigenvalue weighted by atomic mass is 32.2. The number of benzene rings is 1. The van der Waals surface area contributed by atoms with Gasteiger partial charge in [0.2, 0.25) is 0 Å². The monoisotopic (exact) mass is 407 g/mol. The lowest BCUT2D eigenvalue weighted by Crippen LogP contribution is -2.38. The highest BCUT2D eigenvalue weighted by Crippen LogP contribution is 2.31. The highest BCUT2D eigenvalue weighted by molar-refractivity contribution is 8.03. The van der Waals surface area contributed by atoms with Crippen molar-refractivity contribution in [1.29, 1.82) is 0 Å². The Labute approximate surface area is 173 Å². The van der Waals surface area contributed by atoms with E-state index in [9.17, 15) is 0 Å². The fourth-order valence-corrected chi connectivity index (χ4v) is 4.92. The third-order valence-corrected chi connectivity index (χ3v) is 7.10. The van der Waals surface area contributed by atoms with E-state index in [1.54, 1.807) is 7.11 Å². The molecule has 1 heterocycles. The minimum atomic E-state index is 0.391. The van der Waals surface area contributed by atoms with Crippen molar-refractivity contribution in [3.8, 4) is 5.75 Å². The summed E-state index contributed by atoms with van der Waals surface area (Å²) in [5.41, 5.74) is 0. The quantitative estimate of drug-likeness (QED) is 0.500. The summed E-state index contributed by atoms with van der Waals surface area (Å²) < 4.78 is 11.5. The molecule has 2 rings (SSSR count). The van der Waals surface area contributed by atoms with Crippen molar-refractivity contribution in [3.63, 3.8) is 0 Å². The van der Waals surface area contributed by atoms with Crippen molar-refractivity contribution >= 4 is 23.5 Å². The second kappa shape index (κ2) is 12.4. The summed E-state index contributed by atoms with van der Waals surface area (Å²) in [7, 11) is 1.74. The summed E-state index contributed by atoms with van der Waals surface area (Å²) in [5.74, 6) is 4.78. The molecular weight excluding hydrogens is 374 g/mol. The van der Waals surface area contributed by atoms with Crippen LogP contribution in [-0.4, -0.2) is 37.8 Å². The SMILES string of the molecule is CC/C=C\C1=C(C)SCC(NCC(CC)CSc2ccccc2OC)CO1. The molecule has 0 saturated carbocycles. The van der Waals surface area contributed by atoms with Gasteiger partial charge in [0.25, 0.3) is 0 Å². The second-order valence-electron chi connectivity index (χ2n) is 6.69. The third kappa shape index (κ3) is 7.47. The molecule has 0 aromatic heterocycles. The summed E-state index contributed by atoms with van der Waals surface area (Å²) in [5, 5.41) is 3.73. The molecule has 1 aliphatic heterocycles. The summed E-state index contributed by atoms with van der Waals surface area (Å²) in [6.07, 6.45) is 6.48. The van der Waals surface area contributed by atoms with Gasteiger partial charge >= 0.3 is 0 Å². The summed E-state index contributed by atoms with van der Waals surface area (Å²) in [4.78, 5) is 2.50. The lowest BCUT2D eigenvalue weighted by Gasteiger charge is -2.21. The fourth-order valence-electron chi connectivity index (χ4n) is 2.75. The first-order chi connectivity index (χ1) is 13.2. The molecule has 0 aliphatic carbocycles. The van der Waals surface area contributed by atoms with Gasteiger partial charge in [-0.25, -0.2) is 0 Å². The first kappa shape index (κ1) is 22.3. The molecule has 1 aromatic carbocycles. The van der Waals surface area contributed by atoms with E-state index in [2.05, 4.69) is 50.4 Å². The Kier molecular flexibility index (Phi) is 10.2.